The van der Waals surface area contributed by atoms with Gasteiger partial charge in [-0.15, -0.1) is 5.10 Å². The highest BCUT2D eigenvalue weighted by molar-refractivity contribution is 7.47. The molecule has 232 valence electrons. The van der Waals surface area contributed by atoms with Gasteiger partial charge < -0.3 is 46.3 Å². The number of fused-ring (bicyclic) bond motifs is 2. The number of ether oxygens (including phenoxy) is 2. The predicted octanol–water partition coefficient (Wildman–Crippen LogP) is -3.72. The quantitative estimate of drug-likeness (QED) is 0.0827. The number of rotatable bonds is 9. The average Bonchev–Trinajstić information content (AvgIpc) is 3.71. The van der Waals surface area contributed by atoms with Gasteiger partial charge in [0.15, 0.2) is 35.1 Å². The number of H-pyrrole nitrogens is 1. The first-order valence-electron chi connectivity index (χ1n) is 12.6. The zero-order valence-corrected chi connectivity index (χ0v) is 22.7. The minimum atomic E-state index is -5.07. The van der Waals surface area contributed by atoms with Gasteiger partial charge in [-0.25, -0.2) is 19.5 Å². The second kappa shape index (κ2) is 11.1. The number of nitrogens with zero attached hydrogens (tertiary/aromatic N) is 8. The van der Waals surface area contributed by atoms with Crippen molar-refractivity contribution in [3.63, 3.8) is 0 Å². The van der Waals surface area contributed by atoms with E-state index in [-0.39, 0.29) is 40.5 Å². The van der Waals surface area contributed by atoms with Crippen LogP contribution in [-0.2, 0) is 23.1 Å². The van der Waals surface area contributed by atoms with Gasteiger partial charge in [-0.2, -0.15) is 9.67 Å². The van der Waals surface area contributed by atoms with Crippen molar-refractivity contribution in [3.8, 4) is 0 Å². The van der Waals surface area contributed by atoms with Gasteiger partial charge in [-0.3, -0.25) is 23.4 Å². The Labute approximate surface area is 238 Å². The maximum Gasteiger partial charge on any atom is 0.472 e. The molecule has 4 aromatic rings. The number of aliphatic hydroxyl groups excluding tert-OH is 4. The predicted molar refractivity (Wildman–Crippen MR) is 138 cm³/mol. The van der Waals surface area contributed by atoms with Gasteiger partial charge in [-0.05, 0) is 6.42 Å². The fraction of sp³-hybridized carbons (Fsp3) is 0.550. The zero-order valence-electron chi connectivity index (χ0n) is 21.8. The van der Waals surface area contributed by atoms with E-state index in [9.17, 15) is 34.7 Å². The van der Waals surface area contributed by atoms with Crippen LogP contribution < -0.4 is 17.0 Å². The van der Waals surface area contributed by atoms with Crippen molar-refractivity contribution in [2.75, 3.05) is 24.7 Å². The molecule has 22 nitrogen and oxygen atoms in total. The summed E-state index contributed by atoms with van der Waals surface area (Å²) in [5, 5.41) is 49.0. The fourth-order valence-electron chi connectivity index (χ4n) is 4.93. The molecule has 43 heavy (non-hydrogen) atoms. The number of phosphoric acid groups is 1. The Bertz CT molecular complexity index is 1750. The zero-order chi connectivity index (χ0) is 30.6. The molecule has 6 rings (SSSR count). The second-order valence-corrected chi connectivity index (χ2v) is 11.1. The molecule has 0 saturated carbocycles. The van der Waals surface area contributed by atoms with Crippen molar-refractivity contribution >= 4 is 41.9 Å². The number of imidazole rings is 1. The highest BCUT2D eigenvalue weighted by atomic mass is 31.2. The lowest BCUT2D eigenvalue weighted by molar-refractivity contribution is -0.0624. The number of nitrogen functional groups attached to an aromatic ring is 2. The Balaban J connectivity index is 1.19. The summed E-state index contributed by atoms with van der Waals surface area (Å²) in [5.41, 5.74) is 10.7. The number of aromatic nitrogens is 9. The van der Waals surface area contributed by atoms with Gasteiger partial charge in [0.2, 0.25) is 5.95 Å². The molecule has 0 spiro atoms. The largest absolute Gasteiger partial charge is 0.472 e. The number of nitrogens with one attached hydrogen (secondary N) is 1. The number of aromatic amines is 1. The van der Waals surface area contributed by atoms with Crippen LogP contribution in [0.3, 0.4) is 0 Å². The van der Waals surface area contributed by atoms with Crippen LogP contribution in [0, 0.1) is 0 Å². The van der Waals surface area contributed by atoms with Crippen molar-refractivity contribution in [2.45, 2.75) is 55.5 Å². The highest BCUT2D eigenvalue weighted by Crippen LogP contribution is 2.50. The van der Waals surface area contributed by atoms with Crippen molar-refractivity contribution in [2.24, 2.45) is 0 Å². The van der Waals surface area contributed by atoms with E-state index in [1.165, 1.54) is 17.2 Å². The minimum Gasteiger partial charge on any atom is -0.396 e. The lowest BCUT2D eigenvalue weighted by Crippen LogP contribution is -2.35. The SMILES string of the molecule is Nc1nc2c(nnn2[C@@H]2O[C@H](CCO)[C@@H](O)[C@H]2OP(=O)(O)OC[C@H]2O[C@@H](n3cnc4c(N)ncnc43)[C@H](O)[C@@H]2O)c(=O)[nH]1. The first kappa shape index (κ1) is 29.4. The maximum absolute atomic E-state index is 13.0. The molecule has 2 aliphatic heterocycles. The highest BCUT2D eigenvalue weighted by Gasteiger charge is 2.51. The lowest BCUT2D eigenvalue weighted by atomic mass is 10.1. The first-order chi connectivity index (χ1) is 20.5. The lowest BCUT2D eigenvalue weighted by Gasteiger charge is -2.24. The molecule has 1 unspecified atom stereocenters. The smallest absolute Gasteiger partial charge is 0.396 e. The van der Waals surface area contributed by atoms with Crippen LogP contribution in [0.15, 0.2) is 17.4 Å². The number of hydrogen-bond donors (Lipinski definition) is 8. The summed E-state index contributed by atoms with van der Waals surface area (Å²) in [6, 6.07) is 0. The van der Waals surface area contributed by atoms with E-state index in [4.69, 9.17) is 30.0 Å². The number of nitrogens with two attached hydrogens (primary N) is 2. The fourth-order valence-corrected chi connectivity index (χ4v) is 5.86. The number of hydrogen-bond acceptors (Lipinski definition) is 18. The Morgan fingerprint density at radius 1 is 1.02 bits per heavy atom. The Morgan fingerprint density at radius 3 is 2.56 bits per heavy atom. The van der Waals surface area contributed by atoms with Crippen LogP contribution >= 0.6 is 7.82 Å². The van der Waals surface area contributed by atoms with E-state index in [1.54, 1.807) is 0 Å². The molecule has 2 aliphatic rings. The van der Waals surface area contributed by atoms with Gasteiger partial charge in [-0.1, -0.05) is 5.21 Å². The standard InChI is InChI=1S/C20H26N11O11P/c21-14-8-15(24-4-23-14)30(5-25-8)18-12(35)10(33)7(41-18)3-39-43(37,38)42-13-11(34)6(1-2-32)40-19(13)31-16-9(28-29-31)17(36)27-20(22)26-16/h4-7,10-13,18-19,32-35H,1-3H2,(H,37,38)(H2,21,23,24)(H3,22,26,27,36)/t6-,7-,10-,11-,12-,13-,18-,19-/m1/s1. The topological polar surface area (TPSA) is 327 Å². The van der Waals surface area contributed by atoms with Crippen LogP contribution in [0.25, 0.3) is 22.3 Å². The van der Waals surface area contributed by atoms with Gasteiger partial charge in [0, 0.05) is 6.61 Å². The van der Waals surface area contributed by atoms with E-state index in [0.29, 0.717) is 0 Å². The normalized spacial score (nSPS) is 30.8. The molecule has 0 amide bonds. The summed E-state index contributed by atoms with van der Waals surface area (Å²) in [6.07, 6.45) is -9.14. The molecule has 9 atom stereocenters. The molecule has 0 radical (unpaired) electrons. The number of anilines is 2. The Hall–Kier alpha value is -3.70. The van der Waals surface area contributed by atoms with E-state index >= 15 is 0 Å². The van der Waals surface area contributed by atoms with Gasteiger partial charge in [0.1, 0.15) is 42.4 Å². The summed E-state index contributed by atoms with van der Waals surface area (Å²) < 4.78 is 37.1. The van der Waals surface area contributed by atoms with Crippen LogP contribution in [0.4, 0.5) is 11.8 Å². The van der Waals surface area contributed by atoms with Gasteiger partial charge >= 0.3 is 7.82 Å². The second-order valence-electron chi connectivity index (χ2n) is 9.69. The molecule has 0 bridgehead atoms. The summed E-state index contributed by atoms with van der Waals surface area (Å²) in [7, 11) is -5.07. The average molecular weight is 627 g/mol. The van der Waals surface area contributed by atoms with Crippen LogP contribution in [0.5, 0.6) is 0 Å². The molecular formula is C20H26N11O11P. The van der Waals surface area contributed by atoms with E-state index < -0.39 is 75.7 Å². The molecular weight excluding hydrogens is 601 g/mol. The van der Waals surface area contributed by atoms with Crippen molar-refractivity contribution in [1.82, 2.24) is 44.5 Å². The summed E-state index contributed by atoms with van der Waals surface area (Å²) >= 11 is 0. The summed E-state index contributed by atoms with van der Waals surface area (Å²) in [6.45, 7) is -1.16. The maximum atomic E-state index is 13.0. The van der Waals surface area contributed by atoms with Crippen LogP contribution in [0.2, 0.25) is 0 Å². The van der Waals surface area contributed by atoms with Crippen LogP contribution in [0.1, 0.15) is 18.9 Å². The first-order valence-corrected chi connectivity index (χ1v) is 14.1. The summed E-state index contributed by atoms with van der Waals surface area (Å²) in [5.74, 6) is -0.201. The Morgan fingerprint density at radius 2 is 1.79 bits per heavy atom. The number of phosphoric ester groups is 1. The molecule has 10 N–H and O–H groups in total. The number of aliphatic hydroxyl groups is 4. The molecule has 0 aromatic carbocycles. The van der Waals surface area contributed by atoms with Crippen molar-refractivity contribution < 1.29 is 48.4 Å². The minimum absolute atomic E-state index is 0.0811. The molecule has 23 heteroatoms. The molecule has 6 heterocycles. The van der Waals surface area contributed by atoms with Crippen molar-refractivity contribution in [3.05, 3.63) is 23.0 Å². The van der Waals surface area contributed by atoms with E-state index in [0.717, 1.165) is 4.68 Å². The monoisotopic (exact) mass is 627 g/mol. The third-order valence-corrected chi connectivity index (χ3v) is 7.96. The van der Waals surface area contributed by atoms with Crippen molar-refractivity contribution in [1.29, 1.82) is 0 Å². The molecule has 4 aromatic heterocycles. The van der Waals surface area contributed by atoms with Gasteiger partial charge in [0.05, 0.1) is 19.0 Å². The van der Waals surface area contributed by atoms with Crippen LogP contribution in [-0.4, -0.2) is 120 Å². The van der Waals surface area contributed by atoms with Gasteiger partial charge in [0.25, 0.3) is 5.56 Å². The summed E-state index contributed by atoms with van der Waals surface area (Å²) in [4.78, 5) is 41.0. The van der Waals surface area contributed by atoms with E-state index in [1.807, 2.05) is 0 Å². The molecule has 0 aliphatic carbocycles. The molecule has 2 saturated heterocycles. The third kappa shape index (κ3) is 5.22. The van der Waals surface area contributed by atoms with E-state index in [2.05, 4.69) is 35.2 Å². The third-order valence-electron chi connectivity index (χ3n) is 6.98. The Kier molecular flexibility index (Phi) is 7.58. The molecule has 2 fully saturated rings.